The van der Waals surface area contributed by atoms with Crippen molar-refractivity contribution in [1.29, 1.82) is 0 Å². The lowest BCUT2D eigenvalue weighted by atomic mass is 10.1. The number of benzene rings is 1. The fraction of sp³-hybridized carbons (Fsp3) is 0.600. The predicted octanol–water partition coefficient (Wildman–Crippen LogP) is 2.91. The molecule has 0 aliphatic carbocycles. The number of carbonyl (C=O) groups excluding carboxylic acids is 1. The Labute approximate surface area is 180 Å². The van der Waals surface area contributed by atoms with Crippen LogP contribution in [0.25, 0.3) is 0 Å². The van der Waals surface area contributed by atoms with Crippen LogP contribution in [-0.2, 0) is 22.6 Å². The number of likely N-dealkylation sites (tertiary alicyclic amines) is 1. The second-order valence-corrected chi connectivity index (χ2v) is 7.67. The lowest BCUT2D eigenvalue weighted by molar-refractivity contribution is -0.153. The maximum atomic E-state index is 11.8. The van der Waals surface area contributed by atoms with Gasteiger partial charge in [0.05, 0.1) is 0 Å². The van der Waals surface area contributed by atoms with E-state index >= 15 is 0 Å². The fourth-order valence-electron chi connectivity index (χ4n) is 2.90. The maximum absolute atomic E-state index is 11.8. The molecule has 0 amide bonds. The van der Waals surface area contributed by atoms with Gasteiger partial charge in [-0.05, 0) is 57.8 Å². The molecule has 1 saturated heterocycles. The van der Waals surface area contributed by atoms with E-state index in [2.05, 4.69) is 44.8 Å². The van der Waals surface area contributed by atoms with Crippen LogP contribution in [0.4, 0.5) is 0 Å². The molecule has 7 heteroatoms. The molecule has 2 N–H and O–H groups in total. The van der Waals surface area contributed by atoms with Gasteiger partial charge in [-0.15, -0.1) is 24.0 Å². The van der Waals surface area contributed by atoms with E-state index in [4.69, 9.17) is 4.74 Å². The molecule has 1 aliphatic heterocycles. The molecular formula is C20H33IN4O2. The van der Waals surface area contributed by atoms with E-state index < -0.39 is 5.60 Å². The molecule has 1 aromatic carbocycles. The van der Waals surface area contributed by atoms with Crippen LogP contribution in [0.2, 0.25) is 0 Å². The summed E-state index contributed by atoms with van der Waals surface area (Å²) >= 11 is 0. The quantitative estimate of drug-likeness (QED) is 0.279. The number of nitrogens with one attached hydrogen (secondary N) is 2. The lowest BCUT2D eigenvalue weighted by Crippen LogP contribution is -2.41. The first-order chi connectivity index (χ1) is 12.4. The fourth-order valence-corrected chi connectivity index (χ4v) is 2.90. The molecule has 152 valence electrons. The molecule has 0 unspecified atom stereocenters. The molecule has 0 atom stereocenters. The molecule has 27 heavy (non-hydrogen) atoms. The van der Waals surface area contributed by atoms with Crippen LogP contribution < -0.4 is 10.6 Å². The zero-order valence-corrected chi connectivity index (χ0v) is 19.2. The number of rotatable bonds is 6. The van der Waals surface area contributed by atoms with Crippen molar-refractivity contribution in [3.63, 3.8) is 0 Å². The number of hydrogen-bond acceptors (Lipinski definition) is 4. The predicted molar refractivity (Wildman–Crippen MR) is 120 cm³/mol. The molecular weight excluding hydrogens is 455 g/mol. The van der Waals surface area contributed by atoms with Crippen LogP contribution in [-0.4, -0.2) is 49.1 Å². The van der Waals surface area contributed by atoms with Gasteiger partial charge in [-0.1, -0.05) is 24.3 Å². The molecule has 0 bridgehead atoms. The van der Waals surface area contributed by atoms with E-state index in [-0.39, 0.29) is 36.5 Å². The highest BCUT2D eigenvalue weighted by atomic mass is 127. The number of ether oxygens (including phenoxy) is 1. The highest BCUT2D eigenvalue weighted by Crippen LogP contribution is 2.13. The normalized spacial score (nSPS) is 15.2. The Morgan fingerprint density at radius 2 is 1.70 bits per heavy atom. The van der Waals surface area contributed by atoms with Crippen molar-refractivity contribution in [2.45, 2.75) is 52.3 Å². The zero-order chi connectivity index (χ0) is 19.0. The van der Waals surface area contributed by atoms with Crippen molar-refractivity contribution in [2.24, 2.45) is 4.99 Å². The first-order valence-electron chi connectivity index (χ1n) is 9.32. The SMILES string of the molecule is CN=C(NCC(=O)OC(C)(C)C)NCc1ccc(CN2CCCC2)cc1.I. The standard InChI is InChI=1S/C20H32N4O2.HI/c1-20(2,3)26-18(25)14-23-19(21-4)22-13-16-7-9-17(10-8-16)15-24-11-5-6-12-24;/h7-10H,5-6,11-15H2,1-4H3,(H2,21,22,23);1H. The highest BCUT2D eigenvalue weighted by Gasteiger charge is 2.16. The molecule has 6 nitrogen and oxygen atoms in total. The van der Waals surface area contributed by atoms with Crippen molar-refractivity contribution in [3.05, 3.63) is 35.4 Å². The summed E-state index contributed by atoms with van der Waals surface area (Å²) in [6.07, 6.45) is 2.63. The number of hydrogen-bond donors (Lipinski definition) is 2. The smallest absolute Gasteiger partial charge is 0.325 e. The van der Waals surface area contributed by atoms with Gasteiger partial charge in [-0.3, -0.25) is 14.7 Å². The number of aliphatic imine (C=N–C) groups is 1. The second kappa shape index (κ2) is 11.5. The average molecular weight is 488 g/mol. The summed E-state index contributed by atoms with van der Waals surface area (Å²) < 4.78 is 5.27. The van der Waals surface area contributed by atoms with E-state index in [1.165, 1.54) is 37.1 Å². The third-order valence-electron chi connectivity index (χ3n) is 4.13. The van der Waals surface area contributed by atoms with Crippen LogP contribution in [0.5, 0.6) is 0 Å². The number of nitrogens with zero attached hydrogens (tertiary/aromatic N) is 2. The Kier molecular flexibility index (Phi) is 10.1. The van der Waals surface area contributed by atoms with Gasteiger partial charge in [0.25, 0.3) is 0 Å². The lowest BCUT2D eigenvalue weighted by Gasteiger charge is -2.20. The summed E-state index contributed by atoms with van der Waals surface area (Å²) in [6.45, 7) is 9.75. The Morgan fingerprint density at radius 1 is 1.11 bits per heavy atom. The van der Waals surface area contributed by atoms with Crippen LogP contribution in [0.3, 0.4) is 0 Å². The highest BCUT2D eigenvalue weighted by molar-refractivity contribution is 14.0. The van der Waals surface area contributed by atoms with E-state index in [1.54, 1.807) is 7.05 Å². The first kappa shape index (κ1) is 23.7. The van der Waals surface area contributed by atoms with Crippen molar-refractivity contribution < 1.29 is 9.53 Å². The van der Waals surface area contributed by atoms with Gasteiger partial charge in [0.1, 0.15) is 12.1 Å². The summed E-state index contributed by atoms with van der Waals surface area (Å²) in [5.74, 6) is 0.281. The van der Waals surface area contributed by atoms with Crippen molar-refractivity contribution in [3.8, 4) is 0 Å². The topological polar surface area (TPSA) is 66.0 Å². The molecule has 1 aromatic rings. The van der Waals surface area contributed by atoms with Crippen molar-refractivity contribution >= 4 is 35.9 Å². The van der Waals surface area contributed by atoms with Gasteiger partial charge in [-0.25, -0.2) is 0 Å². The Balaban J connectivity index is 0.00000364. The molecule has 1 aliphatic rings. The Hall–Kier alpha value is -1.35. The van der Waals surface area contributed by atoms with Crippen LogP contribution in [0.1, 0.15) is 44.7 Å². The minimum absolute atomic E-state index is 0. The Bertz CT molecular complexity index is 605. The van der Waals surface area contributed by atoms with Crippen LogP contribution in [0.15, 0.2) is 29.3 Å². The van der Waals surface area contributed by atoms with Crippen LogP contribution in [0, 0.1) is 0 Å². The van der Waals surface area contributed by atoms with E-state index in [9.17, 15) is 4.79 Å². The molecule has 0 saturated carbocycles. The summed E-state index contributed by atoms with van der Waals surface area (Å²) in [7, 11) is 1.68. The van der Waals surface area contributed by atoms with Gasteiger partial charge in [-0.2, -0.15) is 0 Å². The summed E-state index contributed by atoms with van der Waals surface area (Å²) in [4.78, 5) is 18.4. The second-order valence-electron chi connectivity index (χ2n) is 7.67. The molecule has 0 radical (unpaired) electrons. The van der Waals surface area contributed by atoms with Gasteiger partial charge in [0.15, 0.2) is 5.96 Å². The number of guanidine groups is 1. The monoisotopic (exact) mass is 488 g/mol. The molecule has 2 rings (SSSR count). The van der Waals surface area contributed by atoms with E-state index in [1.807, 2.05) is 20.8 Å². The largest absolute Gasteiger partial charge is 0.459 e. The van der Waals surface area contributed by atoms with E-state index in [0.29, 0.717) is 12.5 Å². The van der Waals surface area contributed by atoms with Gasteiger partial charge < -0.3 is 15.4 Å². The molecule has 1 fully saturated rings. The third-order valence-corrected chi connectivity index (χ3v) is 4.13. The average Bonchev–Trinajstić information content (AvgIpc) is 3.08. The van der Waals surface area contributed by atoms with E-state index in [0.717, 1.165) is 6.54 Å². The number of carbonyl (C=O) groups is 1. The summed E-state index contributed by atoms with van der Waals surface area (Å²) in [5.41, 5.74) is 2.05. The maximum Gasteiger partial charge on any atom is 0.325 e. The minimum atomic E-state index is -0.480. The summed E-state index contributed by atoms with van der Waals surface area (Å²) in [6, 6.07) is 8.65. The van der Waals surface area contributed by atoms with Crippen molar-refractivity contribution in [2.75, 3.05) is 26.7 Å². The van der Waals surface area contributed by atoms with Crippen molar-refractivity contribution in [1.82, 2.24) is 15.5 Å². The number of esters is 1. The molecule has 0 spiro atoms. The molecule has 1 heterocycles. The van der Waals surface area contributed by atoms with Gasteiger partial charge in [0, 0.05) is 20.1 Å². The summed E-state index contributed by atoms with van der Waals surface area (Å²) in [5, 5.41) is 6.20. The third kappa shape index (κ3) is 9.41. The Morgan fingerprint density at radius 3 is 2.26 bits per heavy atom. The molecule has 0 aromatic heterocycles. The zero-order valence-electron chi connectivity index (χ0n) is 16.9. The minimum Gasteiger partial charge on any atom is -0.459 e. The number of halogens is 1. The first-order valence-corrected chi connectivity index (χ1v) is 9.32. The van der Waals surface area contributed by atoms with Gasteiger partial charge in [0.2, 0.25) is 0 Å². The van der Waals surface area contributed by atoms with Crippen LogP contribution >= 0.6 is 24.0 Å². The van der Waals surface area contributed by atoms with Gasteiger partial charge >= 0.3 is 5.97 Å².